The average molecular weight is 232 g/mol. The lowest BCUT2D eigenvalue weighted by atomic mass is 10.1. The first-order valence-electron chi connectivity index (χ1n) is 4.10. The first kappa shape index (κ1) is 10.2. The van der Waals surface area contributed by atoms with E-state index < -0.39 is 11.9 Å². The van der Waals surface area contributed by atoms with Gasteiger partial charge in [-0.2, -0.15) is 13.2 Å². The standard InChI is InChI=1S/C10H5ClF3N/c11-8-3-1-2-6-5-15-9(4-7(6)8)10(12,13)14/h1-5H. The predicted molar refractivity (Wildman–Crippen MR) is 51.8 cm³/mol. The van der Waals surface area contributed by atoms with Crippen molar-refractivity contribution in [3.8, 4) is 0 Å². The van der Waals surface area contributed by atoms with Crippen molar-refractivity contribution in [1.29, 1.82) is 0 Å². The number of fused-ring (bicyclic) bond motifs is 1. The number of alkyl halides is 3. The van der Waals surface area contributed by atoms with Gasteiger partial charge in [0.25, 0.3) is 0 Å². The molecule has 2 rings (SSSR count). The van der Waals surface area contributed by atoms with Gasteiger partial charge in [-0.15, -0.1) is 0 Å². The topological polar surface area (TPSA) is 12.9 Å². The molecule has 78 valence electrons. The SMILES string of the molecule is FC(F)(F)c1cc2c(Cl)cccc2cn1. The zero-order valence-electron chi connectivity index (χ0n) is 7.35. The molecule has 1 aromatic carbocycles. The van der Waals surface area contributed by atoms with E-state index in [9.17, 15) is 13.2 Å². The van der Waals surface area contributed by atoms with Gasteiger partial charge in [-0.05, 0) is 12.1 Å². The number of hydrogen-bond acceptors (Lipinski definition) is 1. The summed E-state index contributed by atoms with van der Waals surface area (Å²) in [6.07, 6.45) is -3.27. The third-order valence-corrected chi connectivity index (χ3v) is 2.33. The third-order valence-electron chi connectivity index (χ3n) is 2.00. The molecule has 0 saturated carbocycles. The minimum atomic E-state index is -4.44. The van der Waals surface area contributed by atoms with Crippen LogP contribution in [0.3, 0.4) is 0 Å². The maximum atomic E-state index is 12.3. The van der Waals surface area contributed by atoms with Gasteiger partial charge in [-0.1, -0.05) is 23.7 Å². The fourth-order valence-corrected chi connectivity index (χ4v) is 1.52. The molecule has 15 heavy (non-hydrogen) atoms. The lowest BCUT2D eigenvalue weighted by Crippen LogP contribution is -2.07. The van der Waals surface area contributed by atoms with Crippen LogP contribution in [0.25, 0.3) is 10.8 Å². The average Bonchev–Trinajstić information content (AvgIpc) is 2.16. The normalized spacial score (nSPS) is 12.0. The number of hydrogen-bond donors (Lipinski definition) is 0. The van der Waals surface area contributed by atoms with Crippen molar-refractivity contribution in [2.75, 3.05) is 0 Å². The maximum absolute atomic E-state index is 12.3. The Morgan fingerprint density at radius 2 is 1.93 bits per heavy atom. The van der Waals surface area contributed by atoms with Crippen LogP contribution in [0.1, 0.15) is 5.69 Å². The molecule has 0 unspecified atom stereocenters. The van der Waals surface area contributed by atoms with E-state index in [0.29, 0.717) is 15.8 Å². The Hall–Kier alpha value is -1.29. The van der Waals surface area contributed by atoms with Crippen LogP contribution in [0.5, 0.6) is 0 Å². The fraction of sp³-hybridized carbons (Fsp3) is 0.100. The van der Waals surface area contributed by atoms with Gasteiger partial charge in [0.1, 0.15) is 5.69 Å². The Balaban J connectivity index is 2.70. The summed E-state index contributed by atoms with van der Waals surface area (Å²) in [6, 6.07) is 5.83. The van der Waals surface area contributed by atoms with Crippen LogP contribution in [0.15, 0.2) is 30.5 Å². The minimum absolute atomic E-state index is 0.292. The zero-order chi connectivity index (χ0) is 11.1. The maximum Gasteiger partial charge on any atom is 0.433 e. The highest BCUT2D eigenvalue weighted by Crippen LogP contribution is 2.31. The quantitative estimate of drug-likeness (QED) is 0.670. The van der Waals surface area contributed by atoms with Gasteiger partial charge in [0.05, 0.1) is 0 Å². The van der Waals surface area contributed by atoms with Crippen molar-refractivity contribution < 1.29 is 13.2 Å². The molecule has 0 atom stereocenters. The molecular formula is C10H5ClF3N. The van der Waals surface area contributed by atoms with Crippen molar-refractivity contribution in [2.45, 2.75) is 6.18 Å². The second kappa shape index (κ2) is 3.38. The highest BCUT2D eigenvalue weighted by Gasteiger charge is 2.32. The molecule has 1 nitrogen and oxygen atoms in total. The van der Waals surface area contributed by atoms with E-state index in [4.69, 9.17) is 11.6 Å². The zero-order valence-corrected chi connectivity index (χ0v) is 8.10. The monoisotopic (exact) mass is 231 g/mol. The van der Waals surface area contributed by atoms with Gasteiger partial charge in [0.2, 0.25) is 0 Å². The molecule has 5 heteroatoms. The molecule has 1 heterocycles. The van der Waals surface area contributed by atoms with Gasteiger partial charge in [-0.25, -0.2) is 0 Å². The van der Waals surface area contributed by atoms with E-state index in [1.54, 1.807) is 18.2 Å². The highest BCUT2D eigenvalue weighted by molar-refractivity contribution is 6.35. The third kappa shape index (κ3) is 1.90. The van der Waals surface area contributed by atoms with Gasteiger partial charge in [0, 0.05) is 22.0 Å². The summed E-state index contributed by atoms with van der Waals surface area (Å²) in [6.45, 7) is 0. The van der Waals surface area contributed by atoms with Crippen molar-refractivity contribution >= 4 is 22.4 Å². The molecular weight excluding hydrogens is 227 g/mol. The van der Waals surface area contributed by atoms with E-state index in [1.165, 1.54) is 6.20 Å². The molecule has 0 N–H and O–H groups in total. The molecule has 2 aromatic rings. The molecule has 0 aliphatic rings. The number of rotatable bonds is 0. The Kier molecular flexibility index (Phi) is 2.31. The Labute approximate surface area is 88.5 Å². The minimum Gasteiger partial charge on any atom is -0.251 e. The Morgan fingerprint density at radius 1 is 1.20 bits per heavy atom. The molecule has 0 bridgehead atoms. The van der Waals surface area contributed by atoms with Crippen LogP contribution in [-0.4, -0.2) is 4.98 Å². The van der Waals surface area contributed by atoms with E-state index in [1.807, 2.05) is 0 Å². The summed E-state index contributed by atoms with van der Waals surface area (Å²) in [5, 5.41) is 1.25. The van der Waals surface area contributed by atoms with Crippen molar-refractivity contribution in [2.24, 2.45) is 0 Å². The van der Waals surface area contributed by atoms with Crippen LogP contribution >= 0.6 is 11.6 Å². The predicted octanol–water partition coefficient (Wildman–Crippen LogP) is 3.91. The Bertz CT molecular complexity index is 507. The van der Waals surface area contributed by atoms with E-state index in [0.717, 1.165) is 6.07 Å². The number of pyridine rings is 1. The van der Waals surface area contributed by atoms with E-state index >= 15 is 0 Å². The van der Waals surface area contributed by atoms with Crippen LogP contribution in [0, 0.1) is 0 Å². The summed E-state index contributed by atoms with van der Waals surface area (Å²) in [7, 11) is 0. The Morgan fingerprint density at radius 3 is 2.60 bits per heavy atom. The summed E-state index contributed by atoms with van der Waals surface area (Å²) >= 11 is 5.78. The number of aromatic nitrogens is 1. The van der Waals surface area contributed by atoms with E-state index in [-0.39, 0.29) is 0 Å². The first-order chi connectivity index (χ1) is 6.98. The van der Waals surface area contributed by atoms with Crippen molar-refractivity contribution in [1.82, 2.24) is 4.98 Å². The second-order valence-electron chi connectivity index (χ2n) is 3.03. The van der Waals surface area contributed by atoms with Crippen molar-refractivity contribution in [3.63, 3.8) is 0 Å². The van der Waals surface area contributed by atoms with Crippen molar-refractivity contribution in [3.05, 3.63) is 41.2 Å². The number of benzene rings is 1. The highest BCUT2D eigenvalue weighted by atomic mass is 35.5. The first-order valence-corrected chi connectivity index (χ1v) is 4.48. The lowest BCUT2D eigenvalue weighted by molar-refractivity contribution is -0.141. The molecule has 0 aliphatic carbocycles. The van der Waals surface area contributed by atoms with Crippen LogP contribution in [-0.2, 0) is 6.18 Å². The van der Waals surface area contributed by atoms with Crippen LogP contribution in [0.2, 0.25) is 5.02 Å². The fourth-order valence-electron chi connectivity index (χ4n) is 1.29. The number of halogens is 4. The largest absolute Gasteiger partial charge is 0.433 e. The molecule has 0 aliphatic heterocycles. The number of nitrogens with zero attached hydrogens (tertiary/aromatic N) is 1. The van der Waals surface area contributed by atoms with Gasteiger partial charge in [0.15, 0.2) is 0 Å². The summed E-state index contributed by atoms with van der Waals surface area (Å²) in [5.74, 6) is 0. The van der Waals surface area contributed by atoms with Crippen LogP contribution < -0.4 is 0 Å². The van der Waals surface area contributed by atoms with E-state index in [2.05, 4.69) is 4.98 Å². The molecule has 0 fully saturated rings. The summed E-state index contributed by atoms with van der Waals surface area (Å²) in [4.78, 5) is 3.34. The molecule has 1 aromatic heterocycles. The lowest BCUT2D eigenvalue weighted by Gasteiger charge is -2.07. The van der Waals surface area contributed by atoms with Gasteiger partial charge in [-0.3, -0.25) is 4.98 Å². The molecule has 0 radical (unpaired) electrons. The van der Waals surface area contributed by atoms with Gasteiger partial charge >= 0.3 is 6.18 Å². The van der Waals surface area contributed by atoms with Crippen LogP contribution in [0.4, 0.5) is 13.2 Å². The smallest absolute Gasteiger partial charge is 0.251 e. The summed E-state index contributed by atoms with van der Waals surface area (Å²) < 4.78 is 37.0. The second-order valence-corrected chi connectivity index (χ2v) is 3.44. The molecule has 0 amide bonds. The van der Waals surface area contributed by atoms with Gasteiger partial charge < -0.3 is 0 Å². The summed E-state index contributed by atoms with van der Waals surface area (Å²) in [5.41, 5.74) is -0.928. The molecule has 0 saturated heterocycles. The molecule has 0 spiro atoms.